The highest BCUT2D eigenvalue weighted by molar-refractivity contribution is 7.91. The van der Waals surface area contributed by atoms with E-state index in [9.17, 15) is 13.2 Å². The van der Waals surface area contributed by atoms with Crippen LogP contribution in [0, 0.1) is 0 Å². The summed E-state index contributed by atoms with van der Waals surface area (Å²) in [6, 6.07) is 9.48. The molecule has 0 fully saturated rings. The summed E-state index contributed by atoms with van der Waals surface area (Å²) in [4.78, 5) is 13.7. The van der Waals surface area contributed by atoms with Crippen LogP contribution in [-0.4, -0.2) is 30.4 Å². The van der Waals surface area contributed by atoms with E-state index in [-0.39, 0.29) is 16.7 Å². The van der Waals surface area contributed by atoms with Crippen molar-refractivity contribution in [1.82, 2.24) is 4.98 Å². The Balaban J connectivity index is 1.90. The lowest BCUT2D eigenvalue weighted by Crippen LogP contribution is -2.14. The van der Waals surface area contributed by atoms with Gasteiger partial charge >= 0.3 is 5.97 Å². The molecule has 3 aromatic rings. The van der Waals surface area contributed by atoms with E-state index in [2.05, 4.69) is 10.3 Å². The van der Waals surface area contributed by atoms with Crippen LogP contribution in [0.3, 0.4) is 0 Å². The minimum Gasteiger partial charge on any atom is -0.477 e. The van der Waals surface area contributed by atoms with Gasteiger partial charge in [-0.25, -0.2) is 13.2 Å². The molecule has 0 amide bonds. The molecular formula is C14H12N2O5S. The molecule has 3 rings (SSSR count). The van der Waals surface area contributed by atoms with Crippen LogP contribution in [-0.2, 0) is 9.84 Å². The topological polar surface area (TPSA) is 112 Å². The molecule has 3 N–H and O–H groups in total. The van der Waals surface area contributed by atoms with E-state index in [1.54, 1.807) is 18.2 Å². The normalized spacial score (nSPS) is 11.6. The Morgan fingerprint density at radius 3 is 2.77 bits per heavy atom. The van der Waals surface area contributed by atoms with Gasteiger partial charge in [0.1, 0.15) is 11.6 Å². The van der Waals surface area contributed by atoms with Crippen molar-refractivity contribution >= 4 is 32.4 Å². The molecule has 7 nitrogen and oxygen atoms in total. The van der Waals surface area contributed by atoms with Gasteiger partial charge in [-0.1, -0.05) is 12.1 Å². The Kier molecular flexibility index (Phi) is 3.38. The molecule has 1 aromatic carbocycles. The standard InChI is InChI=1S/C14H12N2O5S/c17-14(18)11-7-9-3-1-4-10(13(9)16-11)15-8-22(19,20)12-5-2-6-21-12/h1-7,15-16H,8H2,(H,17,18). The predicted octanol–water partition coefficient (Wildman–Crippen LogP) is 2.30. The Hall–Kier alpha value is -2.74. The Labute approximate surface area is 125 Å². The molecule has 0 atom stereocenters. The molecule has 0 radical (unpaired) electrons. The van der Waals surface area contributed by atoms with Crippen LogP contribution in [0.4, 0.5) is 5.69 Å². The number of hydrogen-bond donors (Lipinski definition) is 3. The van der Waals surface area contributed by atoms with Crippen molar-refractivity contribution in [1.29, 1.82) is 0 Å². The number of benzene rings is 1. The van der Waals surface area contributed by atoms with Gasteiger partial charge in [-0.2, -0.15) is 0 Å². The van der Waals surface area contributed by atoms with Gasteiger partial charge in [0.15, 0.2) is 0 Å². The van der Waals surface area contributed by atoms with E-state index in [1.165, 1.54) is 24.5 Å². The second kappa shape index (κ2) is 5.23. The molecule has 114 valence electrons. The van der Waals surface area contributed by atoms with E-state index in [1.807, 2.05) is 0 Å². The average Bonchev–Trinajstić information content (AvgIpc) is 3.14. The summed E-state index contributed by atoms with van der Waals surface area (Å²) in [6.45, 7) is 0. The van der Waals surface area contributed by atoms with E-state index < -0.39 is 15.8 Å². The summed E-state index contributed by atoms with van der Waals surface area (Å²) in [5.74, 6) is -1.44. The molecule has 0 saturated carbocycles. The lowest BCUT2D eigenvalue weighted by molar-refractivity contribution is 0.0691. The van der Waals surface area contributed by atoms with Gasteiger partial charge in [-0.15, -0.1) is 0 Å². The summed E-state index contributed by atoms with van der Waals surface area (Å²) in [6.07, 6.45) is 1.29. The first-order valence-electron chi connectivity index (χ1n) is 6.32. The molecule has 0 unspecified atom stereocenters. The predicted molar refractivity (Wildman–Crippen MR) is 79.6 cm³/mol. The van der Waals surface area contributed by atoms with Crippen LogP contribution < -0.4 is 5.32 Å². The van der Waals surface area contributed by atoms with Gasteiger partial charge in [-0.3, -0.25) is 0 Å². The summed E-state index contributed by atoms with van der Waals surface area (Å²) < 4.78 is 29.0. The van der Waals surface area contributed by atoms with Gasteiger partial charge < -0.3 is 19.8 Å². The summed E-state index contributed by atoms with van der Waals surface area (Å²) in [5, 5.41) is 12.4. The molecule has 0 spiro atoms. The highest BCUT2D eigenvalue weighted by atomic mass is 32.2. The number of anilines is 1. The number of sulfone groups is 1. The maximum absolute atomic E-state index is 12.1. The SMILES string of the molecule is O=C(O)c1cc2cccc(NCS(=O)(=O)c3ccco3)c2[nH]1. The monoisotopic (exact) mass is 320 g/mol. The third-order valence-corrected chi connectivity index (χ3v) is 4.51. The number of carbonyl (C=O) groups is 1. The zero-order valence-electron chi connectivity index (χ0n) is 11.2. The number of nitrogens with one attached hydrogen (secondary N) is 2. The van der Waals surface area contributed by atoms with E-state index >= 15 is 0 Å². The molecule has 8 heteroatoms. The number of fused-ring (bicyclic) bond motifs is 1. The first kappa shape index (κ1) is 14.2. The number of H-pyrrole nitrogens is 1. The smallest absolute Gasteiger partial charge is 0.352 e. The third-order valence-electron chi connectivity index (χ3n) is 3.14. The number of rotatable bonds is 5. The number of hydrogen-bond acceptors (Lipinski definition) is 5. The lowest BCUT2D eigenvalue weighted by atomic mass is 10.2. The molecule has 22 heavy (non-hydrogen) atoms. The molecule has 0 saturated heterocycles. The van der Waals surface area contributed by atoms with Crippen LogP contribution in [0.5, 0.6) is 0 Å². The van der Waals surface area contributed by atoms with Crippen molar-refractivity contribution in [2.24, 2.45) is 0 Å². The Morgan fingerprint density at radius 2 is 2.09 bits per heavy atom. The van der Waals surface area contributed by atoms with Gasteiger partial charge in [-0.05, 0) is 24.3 Å². The van der Waals surface area contributed by atoms with Crippen LogP contribution >= 0.6 is 0 Å². The Bertz CT molecular complexity index is 925. The number of carboxylic acids is 1. The van der Waals surface area contributed by atoms with E-state index in [4.69, 9.17) is 9.52 Å². The largest absolute Gasteiger partial charge is 0.477 e. The molecule has 0 aliphatic carbocycles. The van der Waals surface area contributed by atoms with Crippen molar-refractivity contribution in [2.45, 2.75) is 5.09 Å². The number of aromatic nitrogens is 1. The van der Waals surface area contributed by atoms with Crippen LogP contribution in [0.2, 0.25) is 0 Å². The number of para-hydroxylation sites is 1. The van der Waals surface area contributed by atoms with E-state index in [0.29, 0.717) is 16.6 Å². The summed E-state index contributed by atoms with van der Waals surface area (Å²) in [7, 11) is -3.60. The number of carboxylic acid groups (broad SMARTS) is 1. The van der Waals surface area contributed by atoms with Crippen molar-refractivity contribution in [3.63, 3.8) is 0 Å². The first-order chi connectivity index (χ1) is 10.5. The van der Waals surface area contributed by atoms with Gasteiger partial charge in [0.05, 0.1) is 17.5 Å². The zero-order valence-corrected chi connectivity index (χ0v) is 12.1. The van der Waals surface area contributed by atoms with Crippen LogP contribution in [0.15, 0.2) is 52.2 Å². The summed E-state index contributed by atoms with van der Waals surface area (Å²) >= 11 is 0. The fourth-order valence-electron chi connectivity index (χ4n) is 2.10. The minimum atomic E-state index is -3.60. The third kappa shape index (κ3) is 2.56. The maximum atomic E-state index is 12.1. The number of furan rings is 1. The number of aromatic amines is 1. The molecular weight excluding hydrogens is 308 g/mol. The summed E-state index contributed by atoms with van der Waals surface area (Å²) in [5.41, 5.74) is 1.08. The van der Waals surface area contributed by atoms with Crippen molar-refractivity contribution in [3.8, 4) is 0 Å². The van der Waals surface area contributed by atoms with Gasteiger partial charge in [0, 0.05) is 5.39 Å². The van der Waals surface area contributed by atoms with Gasteiger partial charge in [0.2, 0.25) is 14.9 Å². The number of aromatic carboxylic acids is 1. The molecule has 0 aliphatic rings. The maximum Gasteiger partial charge on any atom is 0.352 e. The van der Waals surface area contributed by atoms with Crippen LogP contribution in [0.1, 0.15) is 10.5 Å². The fourth-order valence-corrected chi connectivity index (χ4v) is 3.08. The van der Waals surface area contributed by atoms with Crippen LogP contribution in [0.25, 0.3) is 10.9 Å². The second-order valence-corrected chi connectivity index (χ2v) is 6.55. The van der Waals surface area contributed by atoms with Crippen molar-refractivity contribution < 1.29 is 22.7 Å². The van der Waals surface area contributed by atoms with Crippen molar-refractivity contribution in [3.05, 3.63) is 48.4 Å². The molecule has 2 heterocycles. The van der Waals surface area contributed by atoms with Crippen molar-refractivity contribution in [2.75, 3.05) is 11.2 Å². The molecule has 0 aliphatic heterocycles. The molecule has 0 bridgehead atoms. The average molecular weight is 320 g/mol. The van der Waals surface area contributed by atoms with Gasteiger partial charge in [0.25, 0.3) is 0 Å². The quantitative estimate of drug-likeness (QED) is 0.665. The lowest BCUT2D eigenvalue weighted by Gasteiger charge is -2.07. The van der Waals surface area contributed by atoms with E-state index in [0.717, 1.165) is 0 Å². The Morgan fingerprint density at radius 1 is 1.27 bits per heavy atom. The fraction of sp³-hybridized carbons (Fsp3) is 0.0714. The molecule has 2 aromatic heterocycles. The second-order valence-electron chi connectivity index (χ2n) is 4.63. The highest BCUT2D eigenvalue weighted by Gasteiger charge is 2.18. The zero-order chi connectivity index (χ0) is 15.7. The first-order valence-corrected chi connectivity index (χ1v) is 7.98. The minimum absolute atomic E-state index is 0.0399. The highest BCUT2D eigenvalue weighted by Crippen LogP contribution is 2.24.